The number of likely N-dealkylation sites (N-methyl/N-ethyl adjacent to an activating group) is 1. The van der Waals surface area contributed by atoms with E-state index in [0.717, 1.165) is 6.54 Å². The van der Waals surface area contributed by atoms with Crippen LogP contribution in [0.25, 0.3) is 0 Å². The van der Waals surface area contributed by atoms with Crippen LogP contribution in [0.15, 0.2) is 54.9 Å². The largest absolute Gasteiger partial charge is 0.329 e. The lowest BCUT2D eigenvalue weighted by molar-refractivity contribution is 0.242. The summed E-state index contributed by atoms with van der Waals surface area (Å²) < 4.78 is 0. The van der Waals surface area contributed by atoms with Crippen molar-refractivity contribution in [2.75, 3.05) is 13.6 Å². The minimum atomic E-state index is 0.249. The fourth-order valence-electron chi connectivity index (χ4n) is 2.13. The normalized spacial score (nSPS) is 12.6. The van der Waals surface area contributed by atoms with E-state index in [1.807, 2.05) is 30.6 Å². The quantitative estimate of drug-likeness (QED) is 0.872. The monoisotopic (exact) mass is 241 g/mol. The molecule has 2 aromatic rings. The highest BCUT2D eigenvalue weighted by Gasteiger charge is 2.14. The Hall–Kier alpha value is -1.71. The smallest absolute Gasteiger partial charge is 0.0470 e. The standard InChI is InChI=1S/C15H19N3/c1-18(12-13-7-9-17-10-8-13)15(11-16)14-5-3-2-4-6-14/h2-10,15H,11-12,16H2,1H3. The first-order valence-electron chi connectivity index (χ1n) is 6.15. The van der Waals surface area contributed by atoms with Gasteiger partial charge in [0.05, 0.1) is 0 Å². The first-order valence-corrected chi connectivity index (χ1v) is 6.15. The number of rotatable bonds is 5. The molecule has 0 fully saturated rings. The van der Waals surface area contributed by atoms with Crippen molar-refractivity contribution in [3.8, 4) is 0 Å². The Kier molecular flexibility index (Phi) is 4.45. The lowest BCUT2D eigenvalue weighted by Crippen LogP contribution is -2.30. The Morgan fingerprint density at radius 3 is 2.39 bits per heavy atom. The Balaban J connectivity index is 2.09. The van der Waals surface area contributed by atoms with Crippen molar-refractivity contribution in [3.63, 3.8) is 0 Å². The summed E-state index contributed by atoms with van der Waals surface area (Å²) in [6.07, 6.45) is 3.65. The fourth-order valence-corrected chi connectivity index (χ4v) is 2.13. The third kappa shape index (κ3) is 3.15. The Bertz CT molecular complexity index is 456. The molecule has 0 aliphatic carbocycles. The number of pyridine rings is 1. The van der Waals surface area contributed by atoms with E-state index >= 15 is 0 Å². The van der Waals surface area contributed by atoms with Gasteiger partial charge in [-0.1, -0.05) is 30.3 Å². The zero-order valence-electron chi connectivity index (χ0n) is 10.7. The molecular formula is C15H19N3. The highest BCUT2D eigenvalue weighted by molar-refractivity contribution is 5.20. The number of hydrogen-bond acceptors (Lipinski definition) is 3. The van der Waals surface area contributed by atoms with Gasteiger partial charge in [-0.2, -0.15) is 0 Å². The highest BCUT2D eigenvalue weighted by atomic mass is 15.1. The van der Waals surface area contributed by atoms with Crippen LogP contribution in [0, 0.1) is 0 Å². The molecular weight excluding hydrogens is 222 g/mol. The molecule has 0 bridgehead atoms. The Morgan fingerprint density at radius 1 is 1.11 bits per heavy atom. The van der Waals surface area contributed by atoms with Gasteiger partial charge in [0.15, 0.2) is 0 Å². The van der Waals surface area contributed by atoms with E-state index in [1.54, 1.807) is 0 Å². The SMILES string of the molecule is CN(Cc1ccncc1)C(CN)c1ccccc1. The van der Waals surface area contributed by atoms with Crippen molar-refractivity contribution in [3.05, 3.63) is 66.0 Å². The molecule has 0 aliphatic heterocycles. The minimum absolute atomic E-state index is 0.249. The topological polar surface area (TPSA) is 42.2 Å². The van der Waals surface area contributed by atoms with Gasteiger partial charge in [0.25, 0.3) is 0 Å². The first kappa shape index (κ1) is 12.7. The van der Waals surface area contributed by atoms with E-state index < -0.39 is 0 Å². The summed E-state index contributed by atoms with van der Waals surface area (Å²) >= 11 is 0. The van der Waals surface area contributed by atoms with Gasteiger partial charge < -0.3 is 5.73 Å². The summed E-state index contributed by atoms with van der Waals surface area (Å²) in [5.74, 6) is 0. The second-order valence-corrected chi connectivity index (χ2v) is 4.43. The molecule has 0 saturated carbocycles. The van der Waals surface area contributed by atoms with Gasteiger partial charge in [0.1, 0.15) is 0 Å². The molecule has 0 spiro atoms. The van der Waals surface area contributed by atoms with Gasteiger partial charge in [-0.25, -0.2) is 0 Å². The van der Waals surface area contributed by atoms with Crippen LogP contribution in [0.1, 0.15) is 17.2 Å². The van der Waals surface area contributed by atoms with Crippen LogP contribution >= 0.6 is 0 Å². The van der Waals surface area contributed by atoms with Gasteiger partial charge >= 0.3 is 0 Å². The van der Waals surface area contributed by atoms with E-state index in [2.05, 4.69) is 41.2 Å². The third-order valence-corrected chi connectivity index (χ3v) is 3.12. The first-order chi connectivity index (χ1) is 8.81. The van der Waals surface area contributed by atoms with Crippen LogP contribution in [0.3, 0.4) is 0 Å². The Morgan fingerprint density at radius 2 is 1.78 bits per heavy atom. The van der Waals surface area contributed by atoms with E-state index in [4.69, 9.17) is 5.73 Å². The number of benzene rings is 1. The molecule has 1 atom stereocenters. The number of aromatic nitrogens is 1. The van der Waals surface area contributed by atoms with Gasteiger partial charge in [-0.3, -0.25) is 9.88 Å². The maximum atomic E-state index is 5.91. The van der Waals surface area contributed by atoms with E-state index in [1.165, 1.54) is 11.1 Å². The lowest BCUT2D eigenvalue weighted by Gasteiger charge is -2.27. The van der Waals surface area contributed by atoms with E-state index in [-0.39, 0.29) is 6.04 Å². The van der Waals surface area contributed by atoms with Crippen molar-refractivity contribution < 1.29 is 0 Å². The van der Waals surface area contributed by atoms with Crippen LogP contribution in [0.5, 0.6) is 0 Å². The maximum absolute atomic E-state index is 5.91. The molecule has 18 heavy (non-hydrogen) atoms. The van der Waals surface area contributed by atoms with Crippen LogP contribution in [0.4, 0.5) is 0 Å². The summed E-state index contributed by atoms with van der Waals surface area (Å²) in [7, 11) is 2.10. The second kappa shape index (κ2) is 6.28. The van der Waals surface area contributed by atoms with Gasteiger partial charge in [0.2, 0.25) is 0 Å². The summed E-state index contributed by atoms with van der Waals surface area (Å²) in [6.45, 7) is 1.49. The number of nitrogens with two attached hydrogens (primary N) is 1. The lowest BCUT2D eigenvalue weighted by atomic mass is 10.1. The van der Waals surface area contributed by atoms with Gasteiger partial charge in [-0.15, -0.1) is 0 Å². The van der Waals surface area contributed by atoms with Crippen LogP contribution in [-0.4, -0.2) is 23.5 Å². The van der Waals surface area contributed by atoms with Crippen molar-refractivity contribution in [1.29, 1.82) is 0 Å². The number of nitrogens with zero attached hydrogens (tertiary/aromatic N) is 2. The van der Waals surface area contributed by atoms with E-state index in [0.29, 0.717) is 6.54 Å². The van der Waals surface area contributed by atoms with Crippen molar-refractivity contribution >= 4 is 0 Å². The molecule has 2 N–H and O–H groups in total. The van der Waals surface area contributed by atoms with E-state index in [9.17, 15) is 0 Å². The molecule has 0 saturated heterocycles. The van der Waals surface area contributed by atoms with Crippen LogP contribution in [0.2, 0.25) is 0 Å². The van der Waals surface area contributed by atoms with Crippen molar-refractivity contribution in [2.45, 2.75) is 12.6 Å². The summed E-state index contributed by atoms with van der Waals surface area (Å²) in [5, 5.41) is 0. The summed E-state index contributed by atoms with van der Waals surface area (Å²) in [5.41, 5.74) is 8.42. The van der Waals surface area contributed by atoms with Gasteiger partial charge in [0, 0.05) is 31.5 Å². The predicted molar refractivity (Wildman–Crippen MR) is 73.9 cm³/mol. The highest BCUT2D eigenvalue weighted by Crippen LogP contribution is 2.19. The molecule has 0 amide bonds. The van der Waals surface area contributed by atoms with Crippen molar-refractivity contribution in [1.82, 2.24) is 9.88 Å². The summed E-state index contributed by atoms with van der Waals surface area (Å²) in [4.78, 5) is 6.30. The third-order valence-electron chi connectivity index (χ3n) is 3.12. The van der Waals surface area contributed by atoms with Crippen molar-refractivity contribution in [2.24, 2.45) is 5.73 Å². The average Bonchev–Trinajstić information content (AvgIpc) is 2.42. The number of hydrogen-bond donors (Lipinski definition) is 1. The molecule has 94 valence electrons. The molecule has 2 rings (SSSR count). The zero-order valence-corrected chi connectivity index (χ0v) is 10.7. The van der Waals surface area contributed by atoms with Crippen LogP contribution < -0.4 is 5.73 Å². The molecule has 1 heterocycles. The molecule has 1 aromatic carbocycles. The molecule has 0 aliphatic rings. The fraction of sp³-hybridized carbons (Fsp3) is 0.267. The molecule has 1 unspecified atom stereocenters. The second-order valence-electron chi connectivity index (χ2n) is 4.43. The average molecular weight is 241 g/mol. The minimum Gasteiger partial charge on any atom is -0.329 e. The predicted octanol–water partition coefficient (Wildman–Crippen LogP) is 2.21. The zero-order chi connectivity index (χ0) is 12.8. The van der Waals surface area contributed by atoms with Crippen LogP contribution in [-0.2, 0) is 6.54 Å². The molecule has 3 heteroatoms. The Labute approximate surface area is 108 Å². The maximum Gasteiger partial charge on any atom is 0.0470 e. The molecule has 3 nitrogen and oxygen atoms in total. The summed E-state index contributed by atoms with van der Waals surface area (Å²) in [6, 6.07) is 14.7. The molecule has 0 radical (unpaired) electrons. The van der Waals surface area contributed by atoms with Gasteiger partial charge in [-0.05, 0) is 30.3 Å². The molecule has 1 aromatic heterocycles.